The zero-order chi connectivity index (χ0) is 16.2. The van der Waals surface area contributed by atoms with Gasteiger partial charge < -0.3 is 14.7 Å². The molecule has 1 N–H and O–H groups in total. The fourth-order valence-corrected chi connectivity index (χ4v) is 3.35. The molecule has 0 aromatic carbocycles. The summed E-state index contributed by atoms with van der Waals surface area (Å²) in [5, 5.41) is 9.28. The summed E-state index contributed by atoms with van der Waals surface area (Å²) in [6.07, 6.45) is 8.38. The van der Waals surface area contributed by atoms with E-state index in [1.807, 2.05) is 0 Å². The van der Waals surface area contributed by atoms with E-state index in [0.29, 0.717) is 24.4 Å². The van der Waals surface area contributed by atoms with E-state index in [4.69, 9.17) is 4.74 Å². The van der Waals surface area contributed by atoms with Crippen LogP contribution in [0, 0.1) is 0 Å². The Hall–Kier alpha value is -2.11. The number of carboxylic acids is 1. The molecule has 2 fully saturated rings. The highest BCUT2D eigenvalue weighted by atomic mass is 16.5. The molecule has 1 aliphatic heterocycles. The fourth-order valence-electron chi connectivity index (χ4n) is 3.35. The zero-order valence-corrected chi connectivity index (χ0v) is 13.1. The minimum absolute atomic E-state index is 0.225. The molecule has 0 radical (unpaired) electrons. The van der Waals surface area contributed by atoms with Crippen molar-refractivity contribution in [2.75, 3.05) is 6.54 Å². The lowest BCUT2D eigenvalue weighted by Gasteiger charge is -2.32. The fraction of sp³-hybridized carbons (Fsp3) is 0.588. The van der Waals surface area contributed by atoms with E-state index >= 15 is 0 Å². The maximum absolute atomic E-state index is 12.6. The largest absolute Gasteiger partial charge is 0.480 e. The minimum Gasteiger partial charge on any atom is -0.480 e. The van der Waals surface area contributed by atoms with E-state index in [1.165, 1.54) is 23.9 Å². The number of nitrogens with zero attached hydrogens (tertiary/aromatic N) is 2. The van der Waals surface area contributed by atoms with Gasteiger partial charge in [-0.1, -0.05) is 0 Å². The van der Waals surface area contributed by atoms with Crippen molar-refractivity contribution < 1.29 is 19.4 Å². The molecular weight excluding hydrogens is 296 g/mol. The van der Waals surface area contributed by atoms with Gasteiger partial charge in [-0.2, -0.15) is 0 Å². The van der Waals surface area contributed by atoms with Crippen molar-refractivity contribution in [3.63, 3.8) is 0 Å². The van der Waals surface area contributed by atoms with Crippen LogP contribution in [0.5, 0.6) is 5.88 Å². The Kier molecular flexibility index (Phi) is 4.79. The van der Waals surface area contributed by atoms with E-state index in [0.717, 1.165) is 25.7 Å². The average molecular weight is 318 g/mol. The van der Waals surface area contributed by atoms with Gasteiger partial charge in [0.2, 0.25) is 5.88 Å². The quantitative estimate of drug-likeness (QED) is 0.922. The van der Waals surface area contributed by atoms with Gasteiger partial charge in [-0.3, -0.25) is 4.79 Å². The third kappa shape index (κ3) is 3.63. The molecule has 3 rings (SSSR count). The number of hydrogen-bond donors (Lipinski definition) is 1. The smallest absolute Gasteiger partial charge is 0.326 e. The number of ether oxygens (including phenoxy) is 1. The topological polar surface area (TPSA) is 79.7 Å². The number of aliphatic carboxylic acids is 1. The van der Waals surface area contributed by atoms with Crippen molar-refractivity contribution in [1.82, 2.24) is 9.88 Å². The summed E-state index contributed by atoms with van der Waals surface area (Å²) in [4.78, 5) is 29.5. The number of carboxylic acid groups (broad SMARTS) is 1. The summed E-state index contributed by atoms with van der Waals surface area (Å²) in [5.74, 6) is -0.675. The van der Waals surface area contributed by atoms with Gasteiger partial charge in [0.15, 0.2) is 0 Å². The summed E-state index contributed by atoms with van der Waals surface area (Å²) in [6, 6.07) is 2.64. The van der Waals surface area contributed by atoms with Crippen LogP contribution in [-0.4, -0.2) is 45.6 Å². The van der Waals surface area contributed by atoms with Crippen LogP contribution in [0.2, 0.25) is 0 Å². The first-order valence-electron chi connectivity index (χ1n) is 8.31. The SMILES string of the molecule is O=C(O)[C@H]1CCCCN1C(=O)c1ccc(OC2CCCC2)nc1. The molecule has 1 aromatic rings. The van der Waals surface area contributed by atoms with Gasteiger partial charge in [0.05, 0.1) is 5.56 Å². The number of carbonyl (C=O) groups excluding carboxylic acids is 1. The second-order valence-corrected chi connectivity index (χ2v) is 6.26. The Balaban J connectivity index is 1.67. The van der Waals surface area contributed by atoms with Gasteiger partial charge in [0.1, 0.15) is 12.1 Å². The van der Waals surface area contributed by atoms with Crippen molar-refractivity contribution in [1.29, 1.82) is 0 Å². The second kappa shape index (κ2) is 6.98. The van der Waals surface area contributed by atoms with Crippen LogP contribution in [0.25, 0.3) is 0 Å². The molecule has 1 atom stereocenters. The Morgan fingerprint density at radius 3 is 2.52 bits per heavy atom. The van der Waals surface area contributed by atoms with Gasteiger partial charge in [-0.25, -0.2) is 9.78 Å². The predicted molar refractivity (Wildman–Crippen MR) is 83.4 cm³/mol. The average Bonchev–Trinajstić information content (AvgIpc) is 3.08. The van der Waals surface area contributed by atoms with Gasteiger partial charge in [-0.15, -0.1) is 0 Å². The molecule has 0 spiro atoms. The Morgan fingerprint density at radius 2 is 1.87 bits per heavy atom. The summed E-state index contributed by atoms with van der Waals surface area (Å²) in [5.41, 5.74) is 0.414. The molecule has 1 saturated carbocycles. The molecule has 1 aromatic heterocycles. The van der Waals surface area contributed by atoms with Crippen LogP contribution in [0.15, 0.2) is 18.3 Å². The molecule has 6 nitrogen and oxygen atoms in total. The van der Waals surface area contributed by atoms with Crippen LogP contribution in [0.1, 0.15) is 55.3 Å². The third-order valence-electron chi connectivity index (χ3n) is 4.62. The Bertz CT molecular complexity index is 566. The lowest BCUT2D eigenvalue weighted by molar-refractivity contribution is -0.143. The Morgan fingerprint density at radius 1 is 1.13 bits per heavy atom. The molecule has 0 bridgehead atoms. The number of hydrogen-bond acceptors (Lipinski definition) is 4. The molecule has 1 saturated heterocycles. The molecule has 2 heterocycles. The summed E-state index contributed by atoms with van der Waals surface area (Å²) in [7, 11) is 0. The number of likely N-dealkylation sites (tertiary alicyclic amines) is 1. The highest BCUT2D eigenvalue weighted by Crippen LogP contribution is 2.24. The first-order valence-corrected chi connectivity index (χ1v) is 8.31. The van der Waals surface area contributed by atoms with Gasteiger partial charge in [0, 0.05) is 18.8 Å². The van der Waals surface area contributed by atoms with Gasteiger partial charge in [-0.05, 0) is 51.0 Å². The Labute approximate surface area is 135 Å². The monoisotopic (exact) mass is 318 g/mol. The number of carbonyl (C=O) groups is 2. The summed E-state index contributed by atoms with van der Waals surface area (Å²) in [6.45, 7) is 0.482. The second-order valence-electron chi connectivity index (χ2n) is 6.26. The van der Waals surface area contributed by atoms with E-state index in [1.54, 1.807) is 12.1 Å². The third-order valence-corrected chi connectivity index (χ3v) is 4.62. The highest BCUT2D eigenvalue weighted by Gasteiger charge is 2.32. The first-order chi connectivity index (χ1) is 11.1. The molecule has 2 aliphatic rings. The molecule has 1 aliphatic carbocycles. The van der Waals surface area contributed by atoms with Gasteiger partial charge >= 0.3 is 5.97 Å². The van der Waals surface area contributed by atoms with E-state index in [2.05, 4.69) is 4.98 Å². The minimum atomic E-state index is -0.938. The molecule has 1 amide bonds. The maximum Gasteiger partial charge on any atom is 0.326 e. The van der Waals surface area contributed by atoms with Crippen molar-refractivity contribution in [3.8, 4) is 5.88 Å². The molecular formula is C17H22N2O4. The number of amides is 1. The van der Waals surface area contributed by atoms with Crippen LogP contribution in [0.4, 0.5) is 0 Å². The maximum atomic E-state index is 12.6. The van der Waals surface area contributed by atoms with Crippen molar-refractivity contribution >= 4 is 11.9 Å². The lowest BCUT2D eigenvalue weighted by atomic mass is 10.0. The standard InChI is InChI=1S/C17H22N2O4/c20-16(19-10-4-3-7-14(19)17(21)22)12-8-9-15(18-11-12)23-13-5-1-2-6-13/h8-9,11,13-14H,1-7,10H2,(H,21,22)/t14-/m1/s1. The van der Waals surface area contributed by atoms with Crippen LogP contribution >= 0.6 is 0 Å². The zero-order valence-electron chi connectivity index (χ0n) is 13.1. The summed E-state index contributed by atoms with van der Waals surface area (Å²) < 4.78 is 5.78. The van der Waals surface area contributed by atoms with Crippen molar-refractivity contribution in [3.05, 3.63) is 23.9 Å². The normalized spacial score (nSPS) is 22.1. The number of pyridine rings is 1. The summed E-state index contributed by atoms with van der Waals surface area (Å²) >= 11 is 0. The lowest BCUT2D eigenvalue weighted by Crippen LogP contribution is -2.48. The number of piperidine rings is 1. The van der Waals surface area contributed by atoms with E-state index in [-0.39, 0.29) is 12.0 Å². The van der Waals surface area contributed by atoms with Crippen molar-refractivity contribution in [2.24, 2.45) is 0 Å². The van der Waals surface area contributed by atoms with Crippen LogP contribution in [-0.2, 0) is 4.79 Å². The molecule has 6 heteroatoms. The predicted octanol–water partition coefficient (Wildman–Crippen LogP) is 2.48. The van der Waals surface area contributed by atoms with Crippen LogP contribution < -0.4 is 4.74 Å². The number of rotatable bonds is 4. The van der Waals surface area contributed by atoms with Crippen LogP contribution in [0.3, 0.4) is 0 Å². The molecule has 124 valence electrons. The van der Waals surface area contributed by atoms with E-state index < -0.39 is 12.0 Å². The highest BCUT2D eigenvalue weighted by molar-refractivity contribution is 5.96. The number of aromatic nitrogens is 1. The molecule has 0 unspecified atom stereocenters. The van der Waals surface area contributed by atoms with Crippen molar-refractivity contribution in [2.45, 2.75) is 57.1 Å². The first kappa shape index (κ1) is 15.8. The van der Waals surface area contributed by atoms with E-state index in [9.17, 15) is 14.7 Å². The molecule has 23 heavy (non-hydrogen) atoms. The van der Waals surface area contributed by atoms with Gasteiger partial charge in [0.25, 0.3) is 5.91 Å².